The lowest BCUT2D eigenvalue weighted by Crippen LogP contribution is -2.31. The van der Waals surface area contributed by atoms with Gasteiger partial charge in [0.1, 0.15) is 5.75 Å². The van der Waals surface area contributed by atoms with Gasteiger partial charge in [0, 0.05) is 6.54 Å². The van der Waals surface area contributed by atoms with E-state index in [9.17, 15) is 0 Å². The number of para-hydroxylation sites is 1. The lowest BCUT2D eigenvalue weighted by Gasteiger charge is -2.26. The van der Waals surface area contributed by atoms with Gasteiger partial charge in [-0.2, -0.15) is 0 Å². The number of benzene rings is 1. The first-order valence-corrected chi connectivity index (χ1v) is 7.71. The molecular weight excluding hydrogens is 234 g/mol. The Morgan fingerprint density at radius 3 is 2.58 bits per heavy atom. The Balaban J connectivity index is 1.73. The van der Waals surface area contributed by atoms with Crippen LogP contribution in [-0.4, -0.2) is 31.1 Å². The minimum atomic E-state index is 0.526. The molecule has 1 fully saturated rings. The van der Waals surface area contributed by atoms with Crippen LogP contribution in [0.2, 0.25) is 0 Å². The van der Waals surface area contributed by atoms with Gasteiger partial charge in [0.15, 0.2) is 0 Å². The van der Waals surface area contributed by atoms with Crippen molar-refractivity contribution in [1.82, 2.24) is 4.90 Å². The van der Waals surface area contributed by atoms with Gasteiger partial charge in [0.2, 0.25) is 0 Å². The Bertz CT molecular complexity index is 369. The molecule has 106 valence electrons. The molecule has 1 aromatic carbocycles. The average molecular weight is 261 g/mol. The van der Waals surface area contributed by atoms with Crippen molar-refractivity contribution in [3.8, 4) is 5.75 Å². The smallest absolute Gasteiger partial charge is 0.122 e. The van der Waals surface area contributed by atoms with E-state index in [1.807, 2.05) is 0 Å². The summed E-state index contributed by atoms with van der Waals surface area (Å²) in [5, 5.41) is 0. The summed E-state index contributed by atoms with van der Waals surface area (Å²) in [5.41, 5.74) is 1.32. The molecule has 0 unspecified atom stereocenters. The molecule has 0 aromatic heterocycles. The summed E-state index contributed by atoms with van der Waals surface area (Å²) in [6.45, 7) is 9.01. The molecule has 0 N–H and O–H groups in total. The minimum absolute atomic E-state index is 0.526. The zero-order chi connectivity index (χ0) is 13.5. The highest BCUT2D eigenvalue weighted by atomic mass is 16.5. The Morgan fingerprint density at radius 1 is 1.11 bits per heavy atom. The van der Waals surface area contributed by atoms with E-state index in [2.05, 4.69) is 43.0 Å². The normalized spacial score (nSPS) is 16.8. The van der Waals surface area contributed by atoms with Crippen molar-refractivity contribution in [1.29, 1.82) is 0 Å². The fraction of sp³-hybridized carbons (Fsp3) is 0.647. The van der Waals surface area contributed by atoms with Gasteiger partial charge in [0.25, 0.3) is 0 Å². The highest BCUT2D eigenvalue weighted by molar-refractivity contribution is 5.35. The van der Waals surface area contributed by atoms with E-state index < -0.39 is 0 Å². The monoisotopic (exact) mass is 261 g/mol. The number of hydrogen-bond donors (Lipinski definition) is 0. The lowest BCUT2D eigenvalue weighted by atomic mass is 10.0. The van der Waals surface area contributed by atoms with Gasteiger partial charge in [-0.05, 0) is 49.9 Å². The van der Waals surface area contributed by atoms with Crippen molar-refractivity contribution < 1.29 is 4.74 Å². The predicted octanol–water partition coefficient (Wildman–Crippen LogP) is 4.06. The van der Waals surface area contributed by atoms with E-state index in [1.54, 1.807) is 0 Å². The molecule has 0 saturated carbocycles. The Kier molecular flexibility index (Phi) is 5.71. The first kappa shape index (κ1) is 14.4. The zero-order valence-corrected chi connectivity index (χ0v) is 12.4. The van der Waals surface area contributed by atoms with Gasteiger partial charge >= 0.3 is 0 Å². The van der Waals surface area contributed by atoms with Crippen molar-refractivity contribution in [3.63, 3.8) is 0 Å². The number of rotatable bonds is 6. The van der Waals surface area contributed by atoms with Crippen LogP contribution in [0.25, 0.3) is 0 Å². The number of nitrogens with zero attached hydrogens (tertiary/aromatic N) is 1. The third-order valence-corrected chi connectivity index (χ3v) is 3.87. The number of hydrogen-bond acceptors (Lipinski definition) is 2. The van der Waals surface area contributed by atoms with Crippen LogP contribution in [0.5, 0.6) is 5.75 Å². The second-order valence-electron chi connectivity index (χ2n) is 5.80. The van der Waals surface area contributed by atoms with Crippen molar-refractivity contribution in [2.45, 2.75) is 45.4 Å². The predicted molar refractivity (Wildman–Crippen MR) is 80.9 cm³/mol. The number of piperidine rings is 1. The highest BCUT2D eigenvalue weighted by Gasteiger charge is 2.10. The molecule has 0 amide bonds. The largest absolute Gasteiger partial charge is 0.493 e. The van der Waals surface area contributed by atoms with Crippen LogP contribution in [-0.2, 0) is 0 Å². The first-order valence-electron chi connectivity index (χ1n) is 7.71. The molecular formula is C17H27NO. The quantitative estimate of drug-likeness (QED) is 0.716. The van der Waals surface area contributed by atoms with Crippen LogP contribution in [0.1, 0.15) is 51.0 Å². The molecule has 2 rings (SSSR count). The van der Waals surface area contributed by atoms with Gasteiger partial charge in [-0.15, -0.1) is 0 Å². The highest BCUT2D eigenvalue weighted by Crippen LogP contribution is 2.25. The van der Waals surface area contributed by atoms with E-state index in [0.717, 1.165) is 18.8 Å². The maximum absolute atomic E-state index is 5.96. The molecule has 0 spiro atoms. The second-order valence-corrected chi connectivity index (χ2v) is 5.80. The van der Waals surface area contributed by atoms with E-state index in [4.69, 9.17) is 4.74 Å². The second kappa shape index (κ2) is 7.54. The topological polar surface area (TPSA) is 12.5 Å². The van der Waals surface area contributed by atoms with Crippen LogP contribution < -0.4 is 4.74 Å². The molecule has 0 atom stereocenters. The molecule has 2 heteroatoms. The number of likely N-dealkylation sites (tertiary alicyclic amines) is 1. The molecule has 0 bridgehead atoms. The van der Waals surface area contributed by atoms with Gasteiger partial charge in [0.05, 0.1) is 6.61 Å². The SMILES string of the molecule is CC(C)c1ccccc1OCCCN1CCCCC1. The van der Waals surface area contributed by atoms with Crippen LogP contribution in [0.4, 0.5) is 0 Å². The third-order valence-electron chi connectivity index (χ3n) is 3.87. The molecule has 1 heterocycles. The van der Waals surface area contributed by atoms with E-state index in [-0.39, 0.29) is 0 Å². The molecule has 19 heavy (non-hydrogen) atoms. The van der Waals surface area contributed by atoms with Crippen LogP contribution in [0, 0.1) is 0 Å². The van der Waals surface area contributed by atoms with Crippen LogP contribution in [0.3, 0.4) is 0 Å². The summed E-state index contributed by atoms with van der Waals surface area (Å²) < 4.78 is 5.96. The van der Waals surface area contributed by atoms with Gasteiger partial charge in [-0.1, -0.05) is 38.5 Å². The molecule has 1 saturated heterocycles. The summed E-state index contributed by atoms with van der Waals surface area (Å²) in [5.74, 6) is 1.59. The van der Waals surface area contributed by atoms with Crippen LogP contribution in [0.15, 0.2) is 24.3 Å². The standard InChI is InChI=1S/C17H27NO/c1-15(2)16-9-4-5-10-17(16)19-14-8-13-18-11-6-3-7-12-18/h4-5,9-10,15H,3,6-8,11-14H2,1-2H3. The van der Waals surface area contributed by atoms with E-state index >= 15 is 0 Å². The lowest BCUT2D eigenvalue weighted by molar-refractivity contribution is 0.204. The third kappa shape index (κ3) is 4.54. The van der Waals surface area contributed by atoms with E-state index in [1.165, 1.54) is 44.5 Å². The summed E-state index contributed by atoms with van der Waals surface area (Å²) in [7, 11) is 0. The fourth-order valence-corrected chi connectivity index (χ4v) is 2.74. The maximum atomic E-state index is 5.96. The summed E-state index contributed by atoms with van der Waals surface area (Å²) in [4.78, 5) is 2.57. The number of ether oxygens (including phenoxy) is 1. The Morgan fingerprint density at radius 2 is 1.84 bits per heavy atom. The van der Waals surface area contributed by atoms with Crippen molar-refractivity contribution in [2.24, 2.45) is 0 Å². The molecule has 0 radical (unpaired) electrons. The molecule has 1 aliphatic heterocycles. The molecule has 1 aliphatic rings. The maximum Gasteiger partial charge on any atom is 0.122 e. The summed E-state index contributed by atoms with van der Waals surface area (Å²) in [6.07, 6.45) is 5.29. The Hall–Kier alpha value is -1.02. The molecule has 1 aromatic rings. The van der Waals surface area contributed by atoms with Gasteiger partial charge in [-0.3, -0.25) is 0 Å². The van der Waals surface area contributed by atoms with Crippen molar-refractivity contribution >= 4 is 0 Å². The minimum Gasteiger partial charge on any atom is -0.493 e. The van der Waals surface area contributed by atoms with Crippen molar-refractivity contribution in [3.05, 3.63) is 29.8 Å². The van der Waals surface area contributed by atoms with E-state index in [0.29, 0.717) is 5.92 Å². The summed E-state index contributed by atoms with van der Waals surface area (Å²) >= 11 is 0. The van der Waals surface area contributed by atoms with Gasteiger partial charge in [-0.25, -0.2) is 0 Å². The summed E-state index contributed by atoms with van der Waals surface area (Å²) in [6, 6.07) is 8.42. The van der Waals surface area contributed by atoms with Gasteiger partial charge < -0.3 is 9.64 Å². The van der Waals surface area contributed by atoms with Crippen LogP contribution >= 0.6 is 0 Å². The fourth-order valence-electron chi connectivity index (χ4n) is 2.74. The first-order chi connectivity index (χ1) is 9.27. The zero-order valence-electron chi connectivity index (χ0n) is 12.4. The molecule has 2 nitrogen and oxygen atoms in total. The Labute approximate surface area is 117 Å². The molecule has 0 aliphatic carbocycles. The van der Waals surface area contributed by atoms with Crippen molar-refractivity contribution in [2.75, 3.05) is 26.2 Å². The average Bonchev–Trinajstić information content (AvgIpc) is 2.45.